The SMILES string of the molecule is CC(=O)Nc1ccc(NC(=O)/C=C/c2ccc(OCc3csc(C)n3)cc2)cc1Cl. The van der Waals surface area contributed by atoms with Crippen molar-refractivity contribution in [3.63, 3.8) is 0 Å². The number of anilines is 2. The molecule has 30 heavy (non-hydrogen) atoms. The lowest BCUT2D eigenvalue weighted by Gasteiger charge is -2.08. The van der Waals surface area contributed by atoms with Gasteiger partial charge in [-0.1, -0.05) is 23.7 Å². The lowest BCUT2D eigenvalue weighted by atomic mass is 10.2. The van der Waals surface area contributed by atoms with Crippen LogP contribution in [-0.4, -0.2) is 16.8 Å². The standard InChI is InChI=1S/C22H20ClN3O3S/c1-14(27)24-21-9-6-17(11-20(21)23)26-22(28)10-5-16-3-7-19(8-4-16)29-12-18-13-30-15(2)25-18/h3-11,13H,12H2,1-2H3,(H,24,27)(H,26,28)/b10-5+. The molecule has 0 spiro atoms. The Bertz CT molecular complexity index is 1080. The predicted octanol–water partition coefficient (Wildman–Crippen LogP) is 5.29. The van der Waals surface area contributed by atoms with Crippen molar-refractivity contribution in [2.75, 3.05) is 10.6 Å². The minimum absolute atomic E-state index is 0.216. The number of aromatic nitrogens is 1. The number of carbonyl (C=O) groups excluding carboxylic acids is 2. The molecule has 0 unspecified atom stereocenters. The molecule has 0 aliphatic rings. The van der Waals surface area contributed by atoms with Gasteiger partial charge in [0.1, 0.15) is 12.4 Å². The van der Waals surface area contributed by atoms with Crippen LogP contribution in [0.1, 0.15) is 23.2 Å². The van der Waals surface area contributed by atoms with Crippen LogP contribution in [0.15, 0.2) is 53.9 Å². The third kappa shape index (κ3) is 6.43. The molecule has 2 N–H and O–H groups in total. The van der Waals surface area contributed by atoms with E-state index in [-0.39, 0.29) is 11.8 Å². The number of benzene rings is 2. The first-order chi connectivity index (χ1) is 14.4. The Morgan fingerprint density at radius 1 is 1.17 bits per heavy atom. The maximum atomic E-state index is 12.1. The fourth-order valence-corrected chi connectivity index (χ4v) is 3.37. The number of hydrogen-bond acceptors (Lipinski definition) is 5. The number of halogens is 1. The number of hydrogen-bond donors (Lipinski definition) is 2. The Balaban J connectivity index is 1.53. The van der Waals surface area contributed by atoms with Gasteiger partial charge >= 0.3 is 0 Å². The third-order valence-corrected chi connectivity index (χ3v) is 5.04. The zero-order valence-corrected chi connectivity index (χ0v) is 18.0. The molecule has 0 aliphatic heterocycles. The van der Waals surface area contributed by atoms with Gasteiger partial charge < -0.3 is 15.4 Å². The van der Waals surface area contributed by atoms with Crippen LogP contribution in [0.2, 0.25) is 5.02 Å². The Morgan fingerprint density at radius 3 is 2.57 bits per heavy atom. The topological polar surface area (TPSA) is 80.3 Å². The fraction of sp³-hybridized carbons (Fsp3) is 0.136. The number of nitrogens with zero attached hydrogens (tertiary/aromatic N) is 1. The Labute approximate surface area is 183 Å². The molecule has 1 aromatic heterocycles. The van der Waals surface area contributed by atoms with Crippen molar-refractivity contribution < 1.29 is 14.3 Å². The average molecular weight is 442 g/mol. The molecule has 6 nitrogen and oxygen atoms in total. The summed E-state index contributed by atoms with van der Waals surface area (Å²) in [4.78, 5) is 27.6. The summed E-state index contributed by atoms with van der Waals surface area (Å²) in [6.45, 7) is 3.78. The van der Waals surface area contributed by atoms with Crippen LogP contribution >= 0.6 is 22.9 Å². The van der Waals surface area contributed by atoms with E-state index in [9.17, 15) is 9.59 Å². The first-order valence-electron chi connectivity index (χ1n) is 9.09. The van der Waals surface area contributed by atoms with Crippen molar-refractivity contribution in [2.45, 2.75) is 20.5 Å². The summed E-state index contributed by atoms with van der Waals surface area (Å²) in [5.41, 5.74) is 2.79. The van der Waals surface area contributed by atoms with Crippen LogP contribution in [0.5, 0.6) is 5.75 Å². The largest absolute Gasteiger partial charge is 0.487 e. The summed E-state index contributed by atoms with van der Waals surface area (Å²) in [5.74, 6) is 0.222. The van der Waals surface area contributed by atoms with Gasteiger partial charge in [-0.25, -0.2) is 4.98 Å². The van der Waals surface area contributed by atoms with E-state index in [1.807, 2.05) is 36.6 Å². The van der Waals surface area contributed by atoms with Crippen molar-refractivity contribution >= 4 is 52.2 Å². The predicted molar refractivity (Wildman–Crippen MR) is 121 cm³/mol. The van der Waals surface area contributed by atoms with Gasteiger partial charge in [0.2, 0.25) is 11.8 Å². The van der Waals surface area contributed by atoms with Crippen LogP contribution in [-0.2, 0) is 16.2 Å². The van der Waals surface area contributed by atoms with Gasteiger partial charge in [0.15, 0.2) is 0 Å². The quantitative estimate of drug-likeness (QED) is 0.488. The third-order valence-electron chi connectivity index (χ3n) is 3.91. The van der Waals surface area contributed by atoms with Gasteiger partial charge in [-0.05, 0) is 48.9 Å². The highest BCUT2D eigenvalue weighted by molar-refractivity contribution is 7.09. The lowest BCUT2D eigenvalue weighted by molar-refractivity contribution is -0.114. The maximum absolute atomic E-state index is 12.1. The molecular weight excluding hydrogens is 422 g/mol. The first kappa shape index (κ1) is 21.5. The van der Waals surface area contributed by atoms with Gasteiger partial charge in [0, 0.05) is 24.1 Å². The summed E-state index contributed by atoms with van der Waals surface area (Å²) in [5, 5.41) is 8.68. The molecule has 0 radical (unpaired) electrons. The van der Waals surface area contributed by atoms with Crippen molar-refractivity contribution in [2.24, 2.45) is 0 Å². The van der Waals surface area contributed by atoms with E-state index >= 15 is 0 Å². The number of ether oxygens (including phenoxy) is 1. The normalized spacial score (nSPS) is 10.8. The highest BCUT2D eigenvalue weighted by atomic mass is 35.5. The number of thiazole rings is 1. The van der Waals surface area contributed by atoms with Gasteiger partial charge in [-0.15, -0.1) is 11.3 Å². The molecule has 3 aromatic rings. The lowest BCUT2D eigenvalue weighted by Crippen LogP contribution is -2.09. The smallest absolute Gasteiger partial charge is 0.248 e. The molecule has 0 bridgehead atoms. The van der Waals surface area contributed by atoms with E-state index in [4.69, 9.17) is 16.3 Å². The summed E-state index contributed by atoms with van der Waals surface area (Å²) in [7, 11) is 0. The second-order valence-electron chi connectivity index (χ2n) is 6.41. The van der Waals surface area contributed by atoms with Gasteiger partial charge in [-0.3, -0.25) is 9.59 Å². The van der Waals surface area contributed by atoms with Crippen LogP contribution in [0.25, 0.3) is 6.08 Å². The molecule has 0 saturated heterocycles. The zero-order valence-electron chi connectivity index (χ0n) is 16.4. The molecule has 0 fully saturated rings. The Kier molecular flexibility index (Phi) is 7.21. The highest BCUT2D eigenvalue weighted by Crippen LogP contribution is 2.25. The van der Waals surface area contributed by atoms with Crippen molar-refractivity contribution in [1.82, 2.24) is 4.98 Å². The Morgan fingerprint density at radius 2 is 1.93 bits per heavy atom. The van der Waals surface area contributed by atoms with E-state index < -0.39 is 0 Å². The first-order valence-corrected chi connectivity index (χ1v) is 10.3. The van der Waals surface area contributed by atoms with Crippen molar-refractivity contribution in [1.29, 1.82) is 0 Å². The second-order valence-corrected chi connectivity index (χ2v) is 7.88. The highest BCUT2D eigenvalue weighted by Gasteiger charge is 2.05. The minimum atomic E-state index is -0.294. The van der Waals surface area contributed by atoms with E-state index in [2.05, 4.69) is 15.6 Å². The zero-order chi connectivity index (χ0) is 21.5. The maximum Gasteiger partial charge on any atom is 0.248 e. The monoisotopic (exact) mass is 441 g/mol. The van der Waals surface area contributed by atoms with Crippen LogP contribution in [0.4, 0.5) is 11.4 Å². The molecule has 2 amide bonds. The van der Waals surface area contributed by atoms with Crippen LogP contribution in [0.3, 0.4) is 0 Å². The molecule has 154 valence electrons. The average Bonchev–Trinajstić information content (AvgIpc) is 3.13. The molecule has 0 saturated carbocycles. The van der Waals surface area contributed by atoms with Crippen molar-refractivity contribution in [3.05, 3.63) is 75.2 Å². The van der Waals surface area contributed by atoms with Crippen LogP contribution in [0, 0.1) is 6.92 Å². The molecule has 0 atom stereocenters. The fourth-order valence-electron chi connectivity index (χ4n) is 2.55. The summed E-state index contributed by atoms with van der Waals surface area (Å²) in [6, 6.07) is 12.3. The number of carbonyl (C=O) groups is 2. The number of aryl methyl sites for hydroxylation is 1. The van der Waals surface area contributed by atoms with Gasteiger partial charge in [0.25, 0.3) is 0 Å². The van der Waals surface area contributed by atoms with E-state index in [1.165, 1.54) is 13.0 Å². The van der Waals surface area contributed by atoms with Crippen LogP contribution < -0.4 is 15.4 Å². The summed E-state index contributed by atoms with van der Waals surface area (Å²) >= 11 is 7.70. The van der Waals surface area contributed by atoms with E-state index in [0.29, 0.717) is 23.0 Å². The number of rotatable bonds is 7. The molecule has 0 aliphatic carbocycles. The minimum Gasteiger partial charge on any atom is -0.487 e. The van der Waals surface area contributed by atoms with E-state index in [1.54, 1.807) is 35.6 Å². The second kappa shape index (κ2) is 10.0. The van der Waals surface area contributed by atoms with E-state index in [0.717, 1.165) is 22.0 Å². The molecule has 3 rings (SSSR count). The molecule has 8 heteroatoms. The van der Waals surface area contributed by atoms with Gasteiger partial charge in [-0.2, -0.15) is 0 Å². The molecular formula is C22H20ClN3O3S. The van der Waals surface area contributed by atoms with Crippen molar-refractivity contribution in [3.8, 4) is 5.75 Å². The molecule has 2 aromatic carbocycles. The Hall–Kier alpha value is -3.16. The summed E-state index contributed by atoms with van der Waals surface area (Å²) in [6.07, 6.45) is 3.14. The summed E-state index contributed by atoms with van der Waals surface area (Å²) < 4.78 is 5.71. The number of amides is 2. The molecule has 1 heterocycles. The van der Waals surface area contributed by atoms with Gasteiger partial charge in [0.05, 0.1) is 21.4 Å². The number of nitrogens with one attached hydrogen (secondary N) is 2.